The van der Waals surface area contributed by atoms with E-state index in [2.05, 4.69) is 27.0 Å². The zero-order valence-corrected chi connectivity index (χ0v) is 16.2. The fraction of sp³-hybridized carbons (Fsp3) is 0.333. The van der Waals surface area contributed by atoms with E-state index in [1.54, 1.807) is 19.2 Å². The van der Waals surface area contributed by atoms with Gasteiger partial charge >= 0.3 is 0 Å². The fourth-order valence-electron chi connectivity index (χ4n) is 3.06. The lowest BCUT2D eigenvalue weighted by Crippen LogP contribution is -2.44. The van der Waals surface area contributed by atoms with Crippen LogP contribution in [-0.2, 0) is 5.41 Å². The van der Waals surface area contributed by atoms with Gasteiger partial charge in [-0.05, 0) is 42.7 Å². The third-order valence-electron chi connectivity index (χ3n) is 4.85. The molecule has 1 aliphatic carbocycles. The van der Waals surface area contributed by atoms with Gasteiger partial charge in [-0.25, -0.2) is 0 Å². The molecule has 1 amide bonds. The Morgan fingerprint density at radius 1 is 1.04 bits per heavy atom. The first-order chi connectivity index (χ1) is 13.1. The molecule has 0 aromatic heterocycles. The first-order valence-corrected chi connectivity index (χ1v) is 9.55. The highest BCUT2D eigenvalue weighted by atomic mass is 35.5. The maximum absolute atomic E-state index is 12.0. The summed E-state index contributed by atoms with van der Waals surface area (Å²) in [5.74, 6) is 0.662. The van der Waals surface area contributed by atoms with Crippen LogP contribution in [0.25, 0.3) is 0 Å². The number of rotatable bonds is 7. The lowest BCUT2D eigenvalue weighted by molar-refractivity contribution is 0.0954. The quantitative estimate of drug-likeness (QED) is 0.390. The van der Waals surface area contributed by atoms with Crippen LogP contribution in [0.1, 0.15) is 28.8 Å². The second-order valence-corrected chi connectivity index (χ2v) is 7.20. The van der Waals surface area contributed by atoms with E-state index in [1.807, 2.05) is 36.4 Å². The van der Waals surface area contributed by atoms with Gasteiger partial charge in [0.1, 0.15) is 0 Å². The van der Waals surface area contributed by atoms with Crippen LogP contribution in [-0.4, -0.2) is 38.5 Å². The zero-order valence-electron chi connectivity index (χ0n) is 15.5. The minimum Gasteiger partial charge on any atom is -0.356 e. The van der Waals surface area contributed by atoms with Crippen molar-refractivity contribution in [1.29, 1.82) is 0 Å². The predicted octanol–water partition coefficient (Wildman–Crippen LogP) is 2.97. The first-order valence-electron chi connectivity index (χ1n) is 9.17. The van der Waals surface area contributed by atoms with Crippen molar-refractivity contribution in [2.45, 2.75) is 18.3 Å². The summed E-state index contributed by atoms with van der Waals surface area (Å²) in [7, 11) is 1.75. The van der Waals surface area contributed by atoms with Crippen LogP contribution in [0.2, 0.25) is 5.02 Å². The molecule has 0 heterocycles. The zero-order chi connectivity index (χ0) is 19.1. The number of hydrogen-bond acceptors (Lipinski definition) is 2. The van der Waals surface area contributed by atoms with Gasteiger partial charge in [-0.1, -0.05) is 41.9 Å². The summed E-state index contributed by atoms with van der Waals surface area (Å²) >= 11 is 6.13. The summed E-state index contributed by atoms with van der Waals surface area (Å²) in [5.41, 5.74) is 2.08. The molecule has 3 rings (SSSR count). The first kappa shape index (κ1) is 19.2. The largest absolute Gasteiger partial charge is 0.356 e. The molecule has 0 spiro atoms. The molecule has 5 nitrogen and oxygen atoms in total. The summed E-state index contributed by atoms with van der Waals surface area (Å²) in [6.45, 7) is 1.93. The van der Waals surface area contributed by atoms with Crippen molar-refractivity contribution in [2.75, 3.05) is 26.7 Å². The third-order valence-corrected chi connectivity index (χ3v) is 5.08. The maximum Gasteiger partial charge on any atom is 0.251 e. The number of benzene rings is 2. The molecule has 0 unspecified atom stereocenters. The van der Waals surface area contributed by atoms with Crippen molar-refractivity contribution < 1.29 is 4.79 Å². The number of guanidine groups is 1. The van der Waals surface area contributed by atoms with Crippen LogP contribution >= 0.6 is 11.6 Å². The van der Waals surface area contributed by atoms with Crippen LogP contribution in [0.15, 0.2) is 59.6 Å². The Kier molecular flexibility index (Phi) is 6.35. The smallest absolute Gasteiger partial charge is 0.251 e. The Hall–Kier alpha value is -2.53. The topological polar surface area (TPSA) is 65.5 Å². The van der Waals surface area contributed by atoms with Crippen molar-refractivity contribution in [2.24, 2.45) is 4.99 Å². The number of amides is 1. The van der Waals surface area contributed by atoms with Crippen molar-refractivity contribution in [3.63, 3.8) is 0 Å². The summed E-state index contributed by atoms with van der Waals surface area (Å²) in [6.07, 6.45) is 2.29. The summed E-state index contributed by atoms with van der Waals surface area (Å²) in [5, 5.41) is 10.3. The molecule has 0 saturated heterocycles. The second kappa shape index (κ2) is 8.91. The minimum absolute atomic E-state index is 0.0711. The predicted molar refractivity (Wildman–Crippen MR) is 111 cm³/mol. The molecule has 1 aliphatic rings. The molecular formula is C21H25ClN4O. The molecular weight excluding hydrogens is 360 g/mol. The number of carbonyl (C=O) groups excluding carboxylic acids is 1. The fourth-order valence-corrected chi connectivity index (χ4v) is 3.25. The molecule has 3 N–H and O–H groups in total. The number of aliphatic imine (C=N–C) groups is 1. The van der Waals surface area contributed by atoms with Crippen molar-refractivity contribution in [3.05, 3.63) is 70.7 Å². The summed E-state index contributed by atoms with van der Waals surface area (Å²) < 4.78 is 0. The average molecular weight is 385 g/mol. The second-order valence-electron chi connectivity index (χ2n) is 6.77. The average Bonchev–Trinajstić information content (AvgIpc) is 3.49. The SMILES string of the molecule is CN=C(NCCNC(=O)c1ccccc1)NCC1(c2cccc(Cl)c2)CC1. The highest BCUT2D eigenvalue weighted by molar-refractivity contribution is 6.30. The van der Waals surface area contributed by atoms with Crippen LogP contribution in [0.5, 0.6) is 0 Å². The molecule has 6 heteroatoms. The van der Waals surface area contributed by atoms with Crippen molar-refractivity contribution in [1.82, 2.24) is 16.0 Å². The molecule has 0 radical (unpaired) electrons. The van der Waals surface area contributed by atoms with E-state index in [0.29, 0.717) is 18.7 Å². The van der Waals surface area contributed by atoms with Gasteiger partial charge in [-0.2, -0.15) is 0 Å². The van der Waals surface area contributed by atoms with Gasteiger partial charge in [0, 0.05) is 42.7 Å². The number of nitrogens with one attached hydrogen (secondary N) is 3. The van der Waals surface area contributed by atoms with Crippen LogP contribution in [0, 0.1) is 0 Å². The normalized spacial score (nSPS) is 15.1. The molecule has 0 atom stereocenters. The van der Waals surface area contributed by atoms with Crippen molar-refractivity contribution in [3.8, 4) is 0 Å². The van der Waals surface area contributed by atoms with Gasteiger partial charge in [0.05, 0.1) is 0 Å². The highest BCUT2D eigenvalue weighted by Crippen LogP contribution is 2.48. The van der Waals surface area contributed by atoms with E-state index in [9.17, 15) is 4.79 Å². The molecule has 1 saturated carbocycles. The van der Waals surface area contributed by atoms with Gasteiger partial charge in [0.25, 0.3) is 5.91 Å². The number of hydrogen-bond donors (Lipinski definition) is 3. The van der Waals surface area contributed by atoms with E-state index < -0.39 is 0 Å². The van der Waals surface area contributed by atoms with Crippen LogP contribution in [0.3, 0.4) is 0 Å². The standard InChI is InChI=1S/C21H25ClN4O/c1-23-20(25-13-12-24-19(27)16-6-3-2-4-7-16)26-15-21(10-11-21)17-8-5-9-18(22)14-17/h2-9,14H,10-13,15H2,1H3,(H,24,27)(H2,23,25,26). The van der Waals surface area contributed by atoms with E-state index >= 15 is 0 Å². The Labute approximate surface area is 165 Å². The molecule has 1 fully saturated rings. The van der Waals surface area contributed by atoms with Gasteiger partial charge in [-0.3, -0.25) is 9.79 Å². The van der Waals surface area contributed by atoms with E-state index in [1.165, 1.54) is 5.56 Å². The van der Waals surface area contributed by atoms with Crippen LogP contribution < -0.4 is 16.0 Å². The molecule has 27 heavy (non-hydrogen) atoms. The Balaban J connectivity index is 1.42. The Morgan fingerprint density at radius 2 is 1.78 bits per heavy atom. The lowest BCUT2D eigenvalue weighted by atomic mass is 9.96. The van der Waals surface area contributed by atoms with Gasteiger partial charge in [0.2, 0.25) is 0 Å². The van der Waals surface area contributed by atoms with Gasteiger partial charge < -0.3 is 16.0 Å². The summed E-state index contributed by atoms with van der Waals surface area (Å²) in [6, 6.07) is 17.3. The number of nitrogens with zero attached hydrogens (tertiary/aromatic N) is 1. The third kappa shape index (κ3) is 5.23. The van der Waals surface area contributed by atoms with E-state index in [4.69, 9.17) is 11.6 Å². The molecule has 0 aliphatic heterocycles. The van der Waals surface area contributed by atoms with E-state index in [0.717, 1.165) is 30.4 Å². The highest BCUT2D eigenvalue weighted by Gasteiger charge is 2.44. The molecule has 2 aromatic rings. The summed E-state index contributed by atoms with van der Waals surface area (Å²) in [4.78, 5) is 16.3. The van der Waals surface area contributed by atoms with E-state index in [-0.39, 0.29) is 11.3 Å². The molecule has 142 valence electrons. The monoisotopic (exact) mass is 384 g/mol. The number of halogens is 1. The van der Waals surface area contributed by atoms with Gasteiger partial charge in [-0.15, -0.1) is 0 Å². The Morgan fingerprint density at radius 3 is 2.44 bits per heavy atom. The molecule has 0 bridgehead atoms. The number of carbonyl (C=O) groups is 1. The van der Waals surface area contributed by atoms with Crippen LogP contribution in [0.4, 0.5) is 0 Å². The van der Waals surface area contributed by atoms with Crippen molar-refractivity contribution >= 4 is 23.5 Å². The maximum atomic E-state index is 12.0. The minimum atomic E-state index is -0.0711. The Bertz CT molecular complexity index is 803. The van der Waals surface area contributed by atoms with Gasteiger partial charge in [0.15, 0.2) is 5.96 Å². The lowest BCUT2D eigenvalue weighted by Gasteiger charge is -2.19. The molecule has 2 aromatic carbocycles.